The van der Waals surface area contributed by atoms with Gasteiger partial charge in [0, 0.05) is 13.1 Å². The summed E-state index contributed by atoms with van der Waals surface area (Å²) >= 11 is 0. The third kappa shape index (κ3) is 8.87. The number of likely N-dealkylation sites (tertiary alicyclic amines) is 1. The molecule has 0 spiro atoms. The van der Waals surface area contributed by atoms with Gasteiger partial charge >= 0.3 is 6.61 Å². The largest absolute Gasteiger partial charge is 0.435 e. The molecular formula is C19H31F2IN4O2. The van der Waals surface area contributed by atoms with Crippen molar-refractivity contribution in [1.82, 2.24) is 15.5 Å². The second-order valence-corrected chi connectivity index (χ2v) is 6.81. The van der Waals surface area contributed by atoms with Gasteiger partial charge in [-0.1, -0.05) is 12.1 Å². The van der Waals surface area contributed by atoms with Crippen molar-refractivity contribution in [2.75, 3.05) is 39.8 Å². The molecule has 1 fully saturated rings. The van der Waals surface area contributed by atoms with Crippen molar-refractivity contribution in [2.45, 2.75) is 32.5 Å². The van der Waals surface area contributed by atoms with Crippen molar-refractivity contribution < 1.29 is 18.6 Å². The Labute approximate surface area is 182 Å². The molecule has 1 heterocycles. The van der Waals surface area contributed by atoms with Gasteiger partial charge in [0.2, 0.25) is 0 Å². The summed E-state index contributed by atoms with van der Waals surface area (Å²) in [6.07, 6.45) is 1.52. The molecule has 0 saturated carbocycles. The number of alkyl halides is 2. The standard InChI is InChI=1S/C19H30F2N4O2.HI/c1-3-22-19(23-12-14-8-10-25(2)11-9-14)24-13-17(26)15-4-6-16(7-5-15)27-18(20)21;/h4-7,14,17-18,26H,3,8-13H2,1-2H3,(H2,22,23,24);1H. The molecule has 28 heavy (non-hydrogen) atoms. The van der Waals surface area contributed by atoms with E-state index in [1.807, 2.05) is 6.92 Å². The number of hydrogen-bond acceptors (Lipinski definition) is 4. The number of rotatable bonds is 8. The number of ether oxygens (including phenoxy) is 1. The summed E-state index contributed by atoms with van der Waals surface area (Å²) in [5.74, 6) is 1.36. The lowest BCUT2D eigenvalue weighted by molar-refractivity contribution is -0.0498. The van der Waals surface area contributed by atoms with E-state index in [9.17, 15) is 13.9 Å². The van der Waals surface area contributed by atoms with E-state index in [0.29, 0.717) is 17.4 Å². The van der Waals surface area contributed by atoms with Crippen molar-refractivity contribution in [2.24, 2.45) is 10.9 Å². The molecule has 1 aliphatic heterocycles. The van der Waals surface area contributed by atoms with E-state index in [0.717, 1.165) is 26.2 Å². The van der Waals surface area contributed by atoms with Gasteiger partial charge in [-0.25, -0.2) is 0 Å². The molecule has 1 aromatic rings. The van der Waals surface area contributed by atoms with Gasteiger partial charge in [-0.3, -0.25) is 4.99 Å². The number of nitrogens with one attached hydrogen (secondary N) is 2. The molecule has 2 rings (SSSR count). The van der Waals surface area contributed by atoms with E-state index in [1.165, 1.54) is 25.0 Å². The summed E-state index contributed by atoms with van der Waals surface area (Å²) in [6.45, 7) is 3.13. The van der Waals surface area contributed by atoms with Crippen LogP contribution in [0.25, 0.3) is 0 Å². The van der Waals surface area contributed by atoms with Gasteiger partial charge in [0.15, 0.2) is 5.96 Å². The summed E-state index contributed by atoms with van der Waals surface area (Å²) < 4.78 is 28.7. The molecule has 0 amide bonds. The number of hydrogen-bond donors (Lipinski definition) is 3. The van der Waals surface area contributed by atoms with Gasteiger partial charge in [0.1, 0.15) is 5.75 Å². The average Bonchev–Trinajstić information content (AvgIpc) is 2.65. The van der Waals surface area contributed by atoms with E-state index in [-0.39, 0.29) is 36.3 Å². The van der Waals surface area contributed by atoms with Crippen LogP contribution in [0, 0.1) is 5.92 Å². The minimum absolute atomic E-state index is 0. The highest BCUT2D eigenvalue weighted by molar-refractivity contribution is 14.0. The quantitative estimate of drug-likeness (QED) is 0.284. The van der Waals surface area contributed by atoms with Crippen LogP contribution in [0.5, 0.6) is 5.75 Å². The molecule has 1 aliphatic rings. The van der Waals surface area contributed by atoms with Crippen molar-refractivity contribution in [3.05, 3.63) is 29.8 Å². The molecular weight excluding hydrogens is 481 g/mol. The SMILES string of the molecule is CCNC(=NCC(O)c1ccc(OC(F)F)cc1)NCC1CCN(C)CC1.I. The molecule has 1 unspecified atom stereocenters. The second kappa shape index (κ2) is 13.1. The van der Waals surface area contributed by atoms with E-state index in [4.69, 9.17) is 0 Å². The highest BCUT2D eigenvalue weighted by atomic mass is 127. The zero-order valence-corrected chi connectivity index (χ0v) is 18.7. The topological polar surface area (TPSA) is 69.1 Å². The number of halogens is 3. The van der Waals surface area contributed by atoms with Crippen molar-refractivity contribution in [1.29, 1.82) is 0 Å². The van der Waals surface area contributed by atoms with Gasteiger partial charge in [0.25, 0.3) is 0 Å². The fourth-order valence-corrected chi connectivity index (χ4v) is 3.00. The van der Waals surface area contributed by atoms with Gasteiger partial charge in [-0.2, -0.15) is 8.78 Å². The first-order valence-electron chi connectivity index (χ1n) is 9.41. The molecule has 1 atom stereocenters. The summed E-state index contributed by atoms with van der Waals surface area (Å²) in [4.78, 5) is 6.78. The van der Waals surface area contributed by atoms with Crippen LogP contribution in [-0.2, 0) is 0 Å². The average molecular weight is 512 g/mol. The maximum atomic E-state index is 12.2. The normalized spacial score (nSPS) is 17.1. The zero-order chi connectivity index (χ0) is 19.6. The van der Waals surface area contributed by atoms with Gasteiger partial charge < -0.3 is 25.4 Å². The van der Waals surface area contributed by atoms with E-state index in [1.54, 1.807) is 12.1 Å². The Morgan fingerprint density at radius 1 is 1.25 bits per heavy atom. The third-order valence-corrected chi connectivity index (χ3v) is 4.65. The summed E-state index contributed by atoms with van der Waals surface area (Å²) in [6, 6.07) is 5.96. The van der Waals surface area contributed by atoms with Crippen LogP contribution in [0.1, 0.15) is 31.4 Å². The van der Waals surface area contributed by atoms with Crippen LogP contribution in [0.2, 0.25) is 0 Å². The molecule has 0 radical (unpaired) electrons. The molecule has 1 saturated heterocycles. The summed E-state index contributed by atoms with van der Waals surface area (Å²) in [7, 11) is 2.14. The first-order chi connectivity index (χ1) is 13.0. The number of benzene rings is 1. The number of piperidine rings is 1. The van der Waals surface area contributed by atoms with Crippen molar-refractivity contribution >= 4 is 29.9 Å². The molecule has 3 N–H and O–H groups in total. The van der Waals surface area contributed by atoms with E-state index < -0.39 is 12.7 Å². The maximum Gasteiger partial charge on any atom is 0.387 e. The van der Waals surface area contributed by atoms with Gasteiger partial charge in [-0.15, -0.1) is 24.0 Å². The third-order valence-electron chi connectivity index (χ3n) is 4.65. The van der Waals surface area contributed by atoms with E-state index >= 15 is 0 Å². The predicted octanol–water partition coefficient (Wildman–Crippen LogP) is 2.84. The molecule has 0 aliphatic carbocycles. The number of nitrogens with zero attached hydrogens (tertiary/aromatic N) is 2. The lowest BCUT2D eigenvalue weighted by atomic mass is 9.97. The fourth-order valence-electron chi connectivity index (χ4n) is 3.00. The van der Waals surface area contributed by atoms with Gasteiger partial charge in [0.05, 0.1) is 12.6 Å². The van der Waals surface area contributed by atoms with E-state index in [2.05, 4.69) is 32.3 Å². The Hall–Kier alpha value is -1.20. The molecule has 0 aromatic heterocycles. The molecule has 9 heteroatoms. The highest BCUT2D eigenvalue weighted by Gasteiger charge is 2.17. The minimum atomic E-state index is -2.86. The van der Waals surface area contributed by atoms with Crippen LogP contribution in [0.15, 0.2) is 29.3 Å². The molecule has 160 valence electrons. The lowest BCUT2D eigenvalue weighted by Gasteiger charge is -2.29. The Balaban J connectivity index is 0.00000392. The Kier molecular flexibility index (Phi) is 11.6. The molecule has 1 aromatic carbocycles. The zero-order valence-electron chi connectivity index (χ0n) is 16.4. The van der Waals surface area contributed by atoms with Crippen molar-refractivity contribution in [3.63, 3.8) is 0 Å². The van der Waals surface area contributed by atoms with Gasteiger partial charge in [-0.05, 0) is 63.5 Å². The molecule has 6 nitrogen and oxygen atoms in total. The number of aliphatic imine (C=N–C) groups is 1. The first-order valence-corrected chi connectivity index (χ1v) is 9.41. The van der Waals surface area contributed by atoms with Crippen LogP contribution in [0.3, 0.4) is 0 Å². The summed E-state index contributed by atoms with van der Waals surface area (Å²) in [5.41, 5.74) is 0.603. The lowest BCUT2D eigenvalue weighted by Crippen LogP contribution is -2.42. The number of aliphatic hydroxyl groups is 1. The number of aliphatic hydroxyl groups excluding tert-OH is 1. The van der Waals surface area contributed by atoms with Crippen molar-refractivity contribution in [3.8, 4) is 5.75 Å². The monoisotopic (exact) mass is 512 g/mol. The fraction of sp³-hybridized carbons (Fsp3) is 0.632. The Bertz CT molecular complexity index is 582. The predicted molar refractivity (Wildman–Crippen MR) is 118 cm³/mol. The second-order valence-electron chi connectivity index (χ2n) is 6.81. The highest BCUT2D eigenvalue weighted by Crippen LogP contribution is 2.19. The van der Waals surface area contributed by atoms with Crippen LogP contribution in [0.4, 0.5) is 8.78 Å². The number of guanidine groups is 1. The Morgan fingerprint density at radius 3 is 2.46 bits per heavy atom. The minimum Gasteiger partial charge on any atom is -0.435 e. The molecule has 0 bridgehead atoms. The smallest absolute Gasteiger partial charge is 0.387 e. The maximum absolute atomic E-state index is 12.2. The Morgan fingerprint density at radius 2 is 1.89 bits per heavy atom. The summed E-state index contributed by atoms with van der Waals surface area (Å²) in [5, 5.41) is 16.8. The van der Waals surface area contributed by atoms with Crippen LogP contribution < -0.4 is 15.4 Å². The van der Waals surface area contributed by atoms with Crippen LogP contribution in [-0.4, -0.2) is 62.3 Å². The first kappa shape index (κ1) is 24.8. The van der Waals surface area contributed by atoms with Crippen LogP contribution >= 0.6 is 24.0 Å².